The van der Waals surface area contributed by atoms with Crippen LogP contribution < -0.4 is 10.1 Å². The van der Waals surface area contributed by atoms with Crippen molar-refractivity contribution in [3.8, 4) is 11.5 Å². The van der Waals surface area contributed by atoms with Crippen LogP contribution >= 0.6 is 23.4 Å². The molecule has 2 saturated heterocycles. The first-order valence-corrected chi connectivity index (χ1v) is 12.2. The summed E-state index contributed by atoms with van der Waals surface area (Å²) < 4.78 is 59.6. The standard InChI is InChI=1S/C24H20ClF4N3O3S/c25-15-5-7-18(16(13-15)24(27,28)29)35-19-6-4-14(11-17(19)26)12-20-22(34)31-23(36-20)30-8-2-10-32-9-1-3-21(32)33/h4-7,11-13H,1-3,8-10H2,(H,30,31,34). The van der Waals surface area contributed by atoms with Crippen LogP contribution in [0.2, 0.25) is 5.02 Å². The zero-order valence-electron chi connectivity index (χ0n) is 18.7. The maximum atomic E-state index is 14.6. The SMILES string of the molecule is O=C1NC(=NCCCN2CCCC2=O)SC1=Cc1ccc(Oc2ccc(Cl)cc2C(F)(F)F)c(F)c1. The Morgan fingerprint density at radius 2 is 1.94 bits per heavy atom. The number of ether oxygens (including phenoxy) is 1. The number of aliphatic imine (C=N–C) groups is 1. The van der Waals surface area contributed by atoms with Gasteiger partial charge in [-0.15, -0.1) is 0 Å². The van der Waals surface area contributed by atoms with E-state index in [1.54, 1.807) is 4.90 Å². The van der Waals surface area contributed by atoms with Crippen LogP contribution in [0, 0.1) is 5.82 Å². The second-order valence-corrected chi connectivity index (χ2v) is 9.49. The Labute approximate surface area is 213 Å². The van der Waals surface area contributed by atoms with Crippen molar-refractivity contribution in [2.75, 3.05) is 19.6 Å². The van der Waals surface area contributed by atoms with E-state index in [4.69, 9.17) is 16.3 Å². The molecule has 0 radical (unpaired) electrons. The van der Waals surface area contributed by atoms with Gasteiger partial charge in [-0.2, -0.15) is 13.2 Å². The summed E-state index contributed by atoms with van der Waals surface area (Å²) in [5.41, 5.74) is -0.808. The third-order valence-electron chi connectivity index (χ3n) is 5.38. The molecular weight excluding hydrogens is 522 g/mol. The van der Waals surface area contributed by atoms with Crippen molar-refractivity contribution in [2.24, 2.45) is 4.99 Å². The average molecular weight is 542 g/mol. The van der Waals surface area contributed by atoms with Gasteiger partial charge in [-0.3, -0.25) is 14.6 Å². The summed E-state index contributed by atoms with van der Waals surface area (Å²) in [6.07, 6.45) is -1.17. The van der Waals surface area contributed by atoms with Crippen molar-refractivity contribution in [1.29, 1.82) is 0 Å². The molecule has 0 bridgehead atoms. The molecule has 2 aromatic rings. The second-order valence-electron chi connectivity index (χ2n) is 8.02. The zero-order valence-corrected chi connectivity index (χ0v) is 20.3. The lowest BCUT2D eigenvalue weighted by atomic mass is 10.1. The Morgan fingerprint density at radius 1 is 1.17 bits per heavy atom. The van der Waals surface area contributed by atoms with Gasteiger partial charge in [0.25, 0.3) is 5.91 Å². The number of amides is 2. The lowest BCUT2D eigenvalue weighted by molar-refractivity contribution is -0.138. The van der Waals surface area contributed by atoms with Gasteiger partial charge < -0.3 is 15.0 Å². The molecule has 0 spiro atoms. The largest absolute Gasteiger partial charge is 0.454 e. The Balaban J connectivity index is 1.40. The summed E-state index contributed by atoms with van der Waals surface area (Å²) in [5.74, 6) is -2.15. The number of carbonyl (C=O) groups is 2. The minimum absolute atomic E-state index is 0.130. The monoisotopic (exact) mass is 541 g/mol. The minimum Gasteiger partial charge on any atom is -0.454 e. The molecule has 0 atom stereocenters. The first kappa shape index (κ1) is 26.0. The predicted molar refractivity (Wildman–Crippen MR) is 129 cm³/mol. The van der Waals surface area contributed by atoms with Crippen molar-refractivity contribution in [3.63, 3.8) is 0 Å². The number of hydrogen-bond donors (Lipinski definition) is 1. The topological polar surface area (TPSA) is 71.0 Å². The molecule has 2 aromatic carbocycles. The van der Waals surface area contributed by atoms with Crippen molar-refractivity contribution >= 4 is 46.4 Å². The van der Waals surface area contributed by atoms with Crippen LogP contribution in [-0.4, -0.2) is 41.5 Å². The van der Waals surface area contributed by atoms with Gasteiger partial charge in [-0.25, -0.2) is 4.39 Å². The van der Waals surface area contributed by atoms with Gasteiger partial charge in [0.05, 0.1) is 10.5 Å². The molecular formula is C24H20ClF4N3O3S. The third-order valence-corrected chi connectivity index (χ3v) is 6.57. The summed E-state index contributed by atoms with van der Waals surface area (Å²) >= 11 is 6.75. The zero-order chi connectivity index (χ0) is 25.9. The van der Waals surface area contributed by atoms with Gasteiger partial charge >= 0.3 is 6.18 Å². The highest BCUT2D eigenvalue weighted by molar-refractivity contribution is 8.18. The van der Waals surface area contributed by atoms with Crippen LogP contribution in [0.25, 0.3) is 6.08 Å². The second kappa shape index (κ2) is 10.9. The number of carbonyl (C=O) groups excluding carboxylic acids is 2. The smallest absolute Gasteiger partial charge is 0.420 e. The lowest BCUT2D eigenvalue weighted by Crippen LogP contribution is -2.26. The number of hydrogen-bond acceptors (Lipinski definition) is 5. The van der Waals surface area contributed by atoms with E-state index >= 15 is 0 Å². The summed E-state index contributed by atoms with van der Waals surface area (Å²) in [4.78, 5) is 30.3. The van der Waals surface area contributed by atoms with E-state index in [2.05, 4.69) is 10.3 Å². The molecule has 4 rings (SSSR count). The van der Waals surface area contributed by atoms with Crippen LogP contribution in [0.15, 0.2) is 46.3 Å². The molecule has 2 aliphatic rings. The molecule has 0 saturated carbocycles. The van der Waals surface area contributed by atoms with E-state index in [-0.39, 0.29) is 15.8 Å². The fourth-order valence-electron chi connectivity index (χ4n) is 3.66. The highest BCUT2D eigenvalue weighted by atomic mass is 35.5. The molecule has 6 nitrogen and oxygen atoms in total. The molecule has 12 heteroatoms. The fraction of sp³-hybridized carbons (Fsp3) is 0.292. The van der Waals surface area contributed by atoms with Gasteiger partial charge in [0, 0.05) is 31.1 Å². The van der Waals surface area contributed by atoms with Gasteiger partial charge in [0.2, 0.25) is 5.91 Å². The van der Waals surface area contributed by atoms with E-state index in [0.29, 0.717) is 42.7 Å². The Morgan fingerprint density at radius 3 is 2.64 bits per heavy atom. The molecule has 2 aliphatic heterocycles. The van der Waals surface area contributed by atoms with Crippen molar-refractivity contribution in [2.45, 2.75) is 25.4 Å². The number of amidine groups is 1. The Bertz CT molecular complexity index is 1250. The lowest BCUT2D eigenvalue weighted by Gasteiger charge is -2.14. The first-order chi connectivity index (χ1) is 17.1. The van der Waals surface area contributed by atoms with Gasteiger partial charge in [-0.05, 0) is 66.6 Å². The van der Waals surface area contributed by atoms with Crippen LogP contribution in [0.4, 0.5) is 17.6 Å². The van der Waals surface area contributed by atoms with Gasteiger partial charge in [0.1, 0.15) is 5.75 Å². The number of benzene rings is 2. The highest BCUT2D eigenvalue weighted by Crippen LogP contribution is 2.40. The molecule has 0 unspecified atom stereocenters. The fourth-order valence-corrected chi connectivity index (χ4v) is 4.68. The van der Waals surface area contributed by atoms with E-state index in [1.165, 1.54) is 24.3 Å². The number of nitrogens with zero attached hydrogens (tertiary/aromatic N) is 2. The van der Waals surface area contributed by atoms with Crippen LogP contribution in [0.3, 0.4) is 0 Å². The Hall–Kier alpha value is -3.05. The van der Waals surface area contributed by atoms with E-state index in [0.717, 1.165) is 36.9 Å². The summed E-state index contributed by atoms with van der Waals surface area (Å²) in [6.45, 7) is 1.81. The number of rotatable bonds is 7. The van der Waals surface area contributed by atoms with Crippen molar-refractivity contribution in [3.05, 3.63) is 63.3 Å². The Kier molecular flexibility index (Phi) is 7.89. The van der Waals surface area contributed by atoms with E-state index < -0.39 is 35.0 Å². The molecule has 0 aliphatic carbocycles. The number of nitrogens with one attached hydrogen (secondary N) is 1. The van der Waals surface area contributed by atoms with Crippen LogP contribution in [0.5, 0.6) is 11.5 Å². The van der Waals surface area contributed by atoms with E-state index in [1.807, 2.05) is 0 Å². The number of halogens is 5. The molecule has 2 fully saturated rings. The predicted octanol–water partition coefficient (Wildman–Crippen LogP) is 5.86. The molecule has 1 N–H and O–H groups in total. The molecule has 2 heterocycles. The van der Waals surface area contributed by atoms with Crippen LogP contribution in [-0.2, 0) is 15.8 Å². The van der Waals surface area contributed by atoms with Crippen molar-refractivity contribution in [1.82, 2.24) is 10.2 Å². The first-order valence-electron chi connectivity index (χ1n) is 11.0. The highest BCUT2D eigenvalue weighted by Gasteiger charge is 2.35. The molecule has 2 amide bonds. The number of thioether (sulfide) groups is 1. The number of alkyl halides is 3. The normalized spacial score (nSPS) is 18.4. The minimum atomic E-state index is -4.74. The molecule has 190 valence electrons. The maximum absolute atomic E-state index is 14.6. The van der Waals surface area contributed by atoms with Gasteiger partial charge in [-0.1, -0.05) is 17.7 Å². The summed E-state index contributed by atoms with van der Waals surface area (Å²) in [6, 6.07) is 6.59. The summed E-state index contributed by atoms with van der Waals surface area (Å²) in [7, 11) is 0. The van der Waals surface area contributed by atoms with Gasteiger partial charge in [0.15, 0.2) is 16.7 Å². The van der Waals surface area contributed by atoms with E-state index in [9.17, 15) is 27.2 Å². The molecule has 36 heavy (non-hydrogen) atoms. The maximum Gasteiger partial charge on any atom is 0.420 e. The molecule has 0 aromatic heterocycles. The van der Waals surface area contributed by atoms with Crippen molar-refractivity contribution < 1.29 is 31.9 Å². The quantitative estimate of drug-likeness (QED) is 0.271. The number of likely N-dealkylation sites (tertiary alicyclic amines) is 1. The van der Waals surface area contributed by atoms with Crippen LogP contribution in [0.1, 0.15) is 30.4 Å². The third kappa shape index (κ3) is 6.38. The average Bonchev–Trinajstić information content (AvgIpc) is 3.38. The summed E-state index contributed by atoms with van der Waals surface area (Å²) in [5, 5.41) is 2.91.